The standard InChI is InChI=1S/C19H19ClN6O3S/c20-12-3-4-13(22-10-12)11-29-19-25-24-18(30-19)23-17(28)15-2-1-7-21-16(15)26-8-5-14(27)6-9-26/h1-4,7,10,14,27H,5-6,8-9,11H2,(H,23,24,28). The summed E-state index contributed by atoms with van der Waals surface area (Å²) in [6.45, 7) is 1.51. The van der Waals surface area contributed by atoms with Crippen LogP contribution in [0.3, 0.4) is 0 Å². The van der Waals surface area contributed by atoms with Crippen molar-refractivity contribution in [3.05, 3.63) is 52.9 Å². The van der Waals surface area contributed by atoms with Gasteiger partial charge < -0.3 is 14.7 Å². The van der Waals surface area contributed by atoms with Crippen molar-refractivity contribution < 1.29 is 14.6 Å². The van der Waals surface area contributed by atoms with E-state index in [1.165, 1.54) is 0 Å². The number of pyridine rings is 2. The van der Waals surface area contributed by atoms with E-state index in [-0.39, 0.29) is 18.6 Å². The van der Waals surface area contributed by atoms with E-state index in [0.29, 0.717) is 58.4 Å². The number of carbonyl (C=O) groups is 1. The van der Waals surface area contributed by atoms with E-state index in [1.807, 2.05) is 4.90 Å². The second-order valence-electron chi connectivity index (χ2n) is 6.68. The van der Waals surface area contributed by atoms with Gasteiger partial charge in [0.15, 0.2) is 0 Å². The number of rotatable bonds is 6. The van der Waals surface area contributed by atoms with Crippen LogP contribution in [-0.2, 0) is 6.61 Å². The monoisotopic (exact) mass is 446 g/mol. The molecule has 30 heavy (non-hydrogen) atoms. The van der Waals surface area contributed by atoms with Crippen LogP contribution in [-0.4, -0.2) is 50.4 Å². The summed E-state index contributed by atoms with van der Waals surface area (Å²) in [5.41, 5.74) is 1.14. The summed E-state index contributed by atoms with van der Waals surface area (Å²) in [6.07, 6.45) is 4.19. The SMILES string of the molecule is O=C(Nc1nnc(OCc2ccc(Cl)cn2)s1)c1cccnc1N1CCC(O)CC1. The fraction of sp³-hybridized carbons (Fsp3) is 0.316. The fourth-order valence-electron chi connectivity index (χ4n) is 3.01. The molecule has 0 atom stereocenters. The third-order valence-electron chi connectivity index (χ3n) is 4.55. The van der Waals surface area contributed by atoms with Crippen molar-refractivity contribution in [3.63, 3.8) is 0 Å². The lowest BCUT2D eigenvalue weighted by Gasteiger charge is -2.31. The lowest BCUT2D eigenvalue weighted by molar-refractivity contribution is 0.102. The van der Waals surface area contributed by atoms with Crippen LogP contribution in [0.25, 0.3) is 0 Å². The topological polar surface area (TPSA) is 113 Å². The van der Waals surface area contributed by atoms with Crippen LogP contribution in [0.4, 0.5) is 10.9 Å². The molecule has 3 aromatic heterocycles. The zero-order chi connectivity index (χ0) is 20.9. The van der Waals surface area contributed by atoms with Crippen LogP contribution in [0.2, 0.25) is 5.02 Å². The zero-order valence-electron chi connectivity index (χ0n) is 15.9. The molecule has 1 saturated heterocycles. The molecule has 1 aliphatic rings. The number of aliphatic hydroxyl groups excluding tert-OH is 1. The first-order chi connectivity index (χ1) is 14.6. The molecule has 4 heterocycles. The minimum absolute atomic E-state index is 0.216. The van der Waals surface area contributed by atoms with Gasteiger partial charge in [-0.05, 0) is 48.4 Å². The number of nitrogens with one attached hydrogen (secondary N) is 1. The smallest absolute Gasteiger partial charge is 0.296 e. The van der Waals surface area contributed by atoms with Gasteiger partial charge in [0.2, 0.25) is 5.13 Å². The van der Waals surface area contributed by atoms with Gasteiger partial charge in [-0.15, -0.1) is 5.10 Å². The number of anilines is 2. The van der Waals surface area contributed by atoms with Crippen LogP contribution in [0.5, 0.6) is 5.19 Å². The number of carbonyl (C=O) groups excluding carboxylic acids is 1. The molecule has 0 aliphatic carbocycles. The molecule has 1 fully saturated rings. The van der Waals surface area contributed by atoms with Crippen molar-refractivity contribution in [2.24, 2.45) is 0 Å². The number of ether oxygens (including phenoxy) is 1. The van der Waals surface area contributed by atoms with E-state index in [4.69, 9.17) is 16.3 Å². The van der Waals surface area contributed by atoms with Gasteiger partial charge in [0, 0.05) is 25.5 Å². The summed E-state index contributed by atoms with van der Waals surface area (Å²) in [4.78, 5) is 23.3. The highest BCUT2D eigenvalue weighted by molar-refractivity contribution is 7.17. The first kappa shape index (κ1) is 20.5. The summed E-state index contributed by atoms with van der Waals surface area (Å²) >= 11 is 6.94. The second kappa shape index (κ2) is 9.33. The van der Waals surface area contributed by atoms with E-state index in [1.54, 1.807) is 36.7 Å². The average molecular weight is 447 g/mol. The van der Waals surface area contributed by atoms with E-state index < -0.39 is 0 Å². The normalized spacial score (nSPS) is 14.5. The Labute approximate surface area is 181 Å². The predicted octanol–water partition coefficient (Wildman–Crippen LogP) is 2.77. The number of nitrogens with zero attached hydrogens (tertiary/aromatic N) is 5. The Morgan fingerprint density at radius 3 is 2.87 bits per heavy atom. The second-order valence-corrected chi connectivity index (χ2v) is 8.05. The van der Waals surface area contributed by atoms with Crippen molar-refractivity contribution in [2.45, 2.75) is 25.6 Å². The number of aliphatic hydroxyl groups is 1. The highest BCUT2D eigenvalue weighted by Gasteiger charge is 2.23. The minimum atomic E-state index is -0.328. The van der Waals surface area contributed by atoms with Crippen LogP contribution in [0, 0.1) is 0 Å². The molecule has 1 amide bonds. The Hall–Kier alpha value is -2.82. The number of piperidine rings is 1. The van der Waals surface area contributed by atoms with E-state index >= 15 is 0 Å². The highest BCUT2D eigenvalue weighted by Crippen LogP contribution is 2.26. The van der Waals surface area contributed by atoms with E-state index in [9.17, 15) is 9.90 Å². The third-order valence-corrected chi connectivity index (χ3v) is 5.53. The van der Waals surface area contributed by atoms with Gasteiger partial charge in [-0.25, -0.2) is 4.98 Å². The van der Waals surface area contributed by atoms with Crippen molar-refractivity contribution in [3.8, 4) is 5.19 Å². The molecule has 0 saturated carbocycles. The largest absolute Gasteiger partial charge is 0.462 e. The fourth-order valence-corrected chi connectivity index (χ4v) is 3.72. The maximum atomic E-state index is 12.8. The van der Waals surface area contributed by atoms with Gasteiger partial charge in [0.25, 0.3) is 11.1 Å². The molecule has 4 rings (SSSR count). The Morgan fingerprint density at radius 1 is 1.27 bits per heavy atom. The maximum absolute atomic E-state index is 12.8. The van der Waals surface area contributed by atoms with E-state index in [0.717, 1.165) is 11.3 Å². The Morgan fingerprint density at radius 2 is 2.10 bits per heavy atom. The molecule has 0 bridgehead atoms. The van der Waals surface area contributed by atoms with Crippen molar-refractivity contribution >= 4 is 39.8 Å². The van der Waals surface area contributed by atoms with Crippen LogP contribution >= 0.6 is 22.9 Å². The van der Waals surface area contributed by atoms with Gasteiger partial charge >= 0.3 is 0 Å². The highest BCUT2D eigenvalue weighted by atomic mass is 35.5. The molecule has 9 nitrogen and oxygen atoms in total. The molecular formula is C19H19ClN6O3S. The van der Waals surface area contributed by atoms with E-state index in [2.05, 4.69) is 25.5 Å². The summed E-state index contributed by atoms with van der Waals surface area (Å²) in [7, 11) is 0. The van der Waals surface area contributed by atoms with Crippen LogP contribution in [0.15, 0.2) is 36.7 Å². The number of halogens is 1. The number of hydrogen-bond donors (Lipinski definition) is 2. The Balaban J connectivity index is 1.39. The molecule has 0 unspecified atom stereocenters. The zero-order valence-corrected chi connectivity index (χ0v) is 17.4. The van der Waals surface area contributed by atoms with Gasteiger partial charge in [-0.2, -0.15) is 0 Å². The van der Waals surface area contributed by atoms with Gasteiger partial charge in [-0.3, -0.25) is 15.1 Å². The third kappa shape index (κ3) is 5.02. The number of hydrogen-bond acceptors (Lipinski definition) is 9. The van der Waals surface area contributed by atoms with Crippen LogP contribution < -0.4 is 15.0 Å². The number of amides is 1. The average Bonchev–Trinajstić information content (AvgIpc) is 3.21. The molecule has 1 aliphatic heterocycles. The Kier molecular flexibility index (Phi) is 6.36. The molecule has 3 aromatic rings. The maximum Gasteiger partial charge on any atom is 0.296 e. The van der Waals surface area contributed by atoms with Gasteiger partial charge in [0.1, 0.15) is 12.4 Å². The van der Waals surface area contributed by atoms with Crippen molar-refractivity contribution in [1.29, 1.82) is 0 Å². The quantitative estimate of drug-likeness (QED) is 0.594. The van der Waals surface area contributed by atoms with Crippen LogP contribution in [0.1, 0.15) is 28.9 Å². The molecule has 0 spiro atoms. The summed E-state index contributed by atoms with van der Waals surface area (Å²) in [6, 6.07) is 6.92. The molecule has 0 aromatic carbocycles. The lowest BCUT2D eigenvalue weighted by Crippen LogP contribution is -2.37. The first-order valence-electron chi connectivity index (χ1n) is 9.34. The summed E-state index contributed by atoms with van der Waals surface area (Å²) in [5.74, 6) is 0.267. The molecule has 156 valence electrons. The summed E-state index contributed by atoms with van der Waals surface area (Å²) < 4.78 is 5.57. The minimum Gasteiger partial charge on any atom is -0.462 e. The molecule has 0 radical (unpaired) electrons. The predicted molar refractivity (Wildman–Crippen MR) is 113 cm³/mol. The Bertz CT molecular complexity index is 1010. The lowest BCUT2D eigenvalue weighted by atomic mass is 10.1. The molecular weight excluding hydrogens is 428 g/mol. The van der Waals surface area contributed by atoms with Crippen molar-refractivity contribution in [1.82, 2.24) is 20.2 Å². The first-order valence-corrected chi connectivity index (χ1v) is 10.5. The number of aromatic nitrogens is 4. The molecule has 11 heteroatoms. The van der Waals surface area contributed by atoms with Crippen molar-refractivity contribution in [2.75, 3.05) is 23.3 Å². The summed E-state index contributed by atoms with van der Waals surface area (Å²) in [5, 5.41) is 21.6. The van der Waals surface area contributed by atoms with Gasteiger partial charge in [0.05, 0.1) is 22.4 Å². The van der Waals surface area contributed by atoms with Gasteiger partial charge in [-0.1, -0.05) is 16.7 Å². The molecule has 2 N–H and O–H groups in total.